The average molecular weight is 501 g/mol. The first-order valence-corrected chi connectivity index (χ1v) is 12.1. The van der Waals surface area contributed by atoms with E-state index in [2.05, 4.69) is 11.4 Å². The van der Waals surface area contributed by atoms with Crippen LogP contribution in [0.2, 0.25) is 5.02 Å². The molecule has 8 heteroatoms. The Kier molecular flexibility index (Phi) is 7.99. The lowest BCUT2D eigenvalue weighted by Crippen LogP contribution is -2.40. The predicted molar refractivity (Wildman–Crippen MR) is 140 cm³/mol. The summed E-state index contributed by atoms with van der Waals surface area (Å²) in [7, 11) is 0. The molecule has 0 aliphatic carbocycles. The van der Waals surface area contributed by atoms with E-state index in [9.17, 15) is 19.6 Å². The van der Waals surface area contributed by atoms with E-state index in [1.54, 1.807) is 42.5 Å². The van der Waals surface area contributed by atoms with E-state index in [1.807, 2.05) is 30.3 Å². The number of para-hydroxylation sites is 1. The maximum absolute atomic E-state index is 13.4. The van der Waals surface area contributed by atoms with Crippen LogP contribution in [0.3, 0.4) is 0 Å². The number of amides is 1. The number of aromatic nitrogens is 2. The van der Waals surface area contributed by atoms with Crippen LogP contribution in [-0.4, -0.2) is 21.6 Å². The molecular formula is C28H25ClN4O3. The fourth-order valence-corrected chi connectivity index (χ4v) is 4.27. The minimum absolute atomic E-state index is 0.118. The molecule has 3 aromatic carbocycles. The predicted octanol–water partition coefficient (Wildman–Crippen LogP) is 3.88. The number of halogens is 1. The standard InChI is InChI=1S/C28H25ClN4O3/c29-23-13-11-20(12-14-23)15-16-31-26(34)10-5-17-32-27(35)24-8-3-4-9-25(24)33(28(32)36)19-22-7-2-1-6-21(22)18-30/h1-4,6-9,11-14H,5,10,15-17,19H2,(H,31,34). The molecule has 182 valence electrons. The van der Waals surface area contributed by atoms with Gasteiger partial charge < -0.3 is 5.32 Å². The van der Waals surface area contributed by atoms with Gasteiger partial charge in [0.1, 0.15) is 0 Å². The van der Waals surface area contributed by atoms with Crippen LogP contribution in [0.25, 0.3) is 10.9 Å². The summed E-state index contributed by atoms with van der Waals surface area (Å²) in [6, 6.07) is 23.6. The highest BCUT2D eigenvalue weighted by Crippen LogP contribution is 2.13. The third-order valence-corrected chi connectivity index (χ3v) is 6.29. The van der Waals surface area contributed by atoms with Crippen molar-refractivity contribution in [2.24, 2.45) is 0 Å². The first-order valence-electron chi connectivity index (χ1n) is 11.7. The molecule has 0 bridgehead atoms. The Labute approximate surface area is 213 Å². The molecule has 0 saturated carbocycles. The van der Waals surface area contributed by atoms with Crippen molar-refractivity contribution in [1.82, 2.24) is 14.5 Å². The van der Waals surface area contributed by atoms with Crippen molar-refractivity contribution in [3.8, 4) is 6.07 Å². The summed E-state index contributed by atoms with van der Waals surface area (Å²) in [4.78, 5) is 38.8. The normalized spacial score (nSPS) is 10.8. The molecule has 0 aliphatic heterocycles. The molecule has 0 spiro atoms. The smallest absolute Gasteiger partial charge is 0.331 e. The first-order chi connectivity index (χ1) is 17.5. The van der Waals surface area contributed by atoms with Crippen LogP contribution in [0.4, 0.5) is 0 Å². The van der Waals surface area contributed by atoms with Crippen molar-refractivity contribution in [2.75, 3.05) is 6.54 Å². The second-order valence-electron chi connectivity index (χ2n) is 8.44. The van der Waals surface area contributed by atoms with Crippen LogP contribution in [0.1, 0.15) is 29.5 Å². The van der Waals surface area contributed by atoms with Crippen molar-refractivity contribution in [1.29, 1.82) is 5.26 Å². The Morgan fingerprint density at radius 1 is 0.944 bits per heavy atom. The van der Waals surface area contributed by atoms with E-state index >= 15 is 0 Å². The van der Waals surface area contributed by atoms with Crippen molar-refractivity contribution < 1.29 is 4.79 Å². The molecule has 1 heterocycles. The summed E-state index contributed by atoms with van der Waals surface area (Å²) in [5.74, 6) is -0.138. The highest BCUT2D eigenvalue weighted by atomic mass is 35.5. The minimum Gasteiger partial charge on any atom is -0.356 e. The van der Waals surface area contributed by atoms with Crippen LogP contribution >= 0.6 is 11.6 Å². The van der Waals surface area contributed by atoms with Crippen LogP contribution < -0.4 is 16.6 Å². The summed E-state index contributed by atoms with van der Waals surface area (Å²) in [5.41, 5.74) is 1.90. The van der Waals surface area contributed by atoms with Gasteiger partial charge in [-0.15, -0.1) is 0 Å². The maximum Gasteiger partial charge on any atom is 0.331 e. The molecule has 1 amide bonds. The van der Waals surface area contributed by atoms with Gasteiger partial charge in [-0.05, 0) is 54.3 Å². The molecular weight excluding hydrogens is 476 g/mol. The fraction of sp³-hybridized carbons (Fsp3) is 0.214. The van der Waals surface area contributed by atoms with Gasteiger partial charge in [0.25, 0.3) is 5.56 Å². The van der Waals surface area contributed by atoms with E-state index in [-0.39, 0.29) is 31.0 Å². The Bertz CT molecular complexity index is 1550. The molecule has 1 N–H and O–H groups in total. The SMILES string of the molecule is N#Cc1ccccc1Cn1c(=O)n(CCCC(=O)NCCc2ccc(Cl)cc2)c(=O)c2ccccc21. The van der Waals surface area contributed by atoms with Gasteiger partial charge in [0, 0.05) is 24.5 Å². The van der Waals surface area contributed by atoms with E-state index < -0.39 is 5.69 Å². The summed E-state index contributed by atoms with van der Waals surface area (Å²) < 4.78 is 2.69. The zero-order valence-corrected chi connectivity index (χ0v) is 20.4. The maximum atomic E-state index is 13.4. The summed E-state index contributed by atoms with van der Waals surface area (Å²) in [6.07, 6.45) is 1.22. The second-order valence-corrected chi connectivity index (χ2v) is 8.88. The molecule has 4 aromatic rings. The van der Waals surface area contributed by atoms with Crippen molar-refractivity contribution in [2.45, 2.75) is 32.4 Å². The third kappa shape index (κ3) is 5.73. The van der Waals surface area contributed by atoms with Crippen molar-refractivity contribution in [3.63, 3.8) is 0 Å². The van der Waals surface area contributed by atoms with Gasteiger partial charge in [-0.3, -0.25) is 18.7 Å². The number of fused-ring (bicyclic) bond motifs is 1. The first kappa shape index (κ1) is 25.0. The second kappa shape index (κ2) is 11.5. The van der Waals surface area contributed by atoms with E-state index in [0.29, 0.717) is 46.4 Å². The van der Waals surface area contributed by atoms with Crippen LogP contribution in [-0.2, 0) is 24.3 Å². The lowest BCUT2D eigenvalue weighted by Gasteiger charge is -2.15. The zero-order valence-electron chi connectivity index (χ0n) is 19.6. The lowest BCUT2D eigenvalue weighted by atomic mass is 10.1. The Morgan fingerprint density at radius 2 is 1.67 bits per heavy atom. The van der Waals surface area contributed by atoms with Gasteiger partial charge in [-0.1, -0.05) is 54.1 Å². The summed E-state index contributed by atoms with van der Waals surface area (Å²) >= 11 is 5.89. The van der Waals surface area contributed by atoms with E-state index in [0.717, 1.165) is 5.56 Å². The number of hydrogen-bond acceptors (Lipinski definition) is 4. The molecule has 0 radical (unpaired) electrons. The van der Waals surface area contributed by atoms with Crippen LogP contribution in [0.15, 0.2) is 82.4 Å². The Morgan fingerprint density at radius 3 is 2.44 bits per heavy atom. The van der Waals surface area contributed by atoms with Gasteiger partial charge in [-0.25, -0.2) is 4.79 Å². The van der Waals surface area contributed by atoms with Crippen molar-refractivity contribution >= 4 is 28.4 Å². The number of carbonyl (C=O) groups excluding carboxylic acids is 1. The van der Waals surface area contributed by atoms with E-state index in [4.69, 9.17) is 11.6 Å². The molecule has 4 rings (SSSR count). The van der Waals surface area contributed by atoms with Crippen LogP contribution in [0, 0.1) is 11.3 Å². The number of rotatable bonds is 9. The Balaban J connectivity index is 1.47. The molecule has 0 saturated heterocycles. The Hall–Kier alpha value is -4.15. The molecule has 7 nitrogen and oxygen atoms in total. The number of hydrogen-bond donors (Lipinski definition) is 1. The highest BCUT2D eigenvalue weighted by Gasteiger charge is 2.15. The van der Waals surface area contributed by atoms with Gasteiger partial charge in [0.15, 0.2) is 0 Å². The van der Waals surface area contributed by atoms with Gasteiger partial charge >= 0.3 is 5.69 Å². The van der Waals surface area contributed by atoms with Gasteiger partial charge in [-0.2, -0.15) is 5.26 Å². The van der Waals surface area contributed by atoms with Gasteiger partial charge in [0.05, 0.1) is 29.1 Å². The van der Waals surface area contributed by atoms with Gasteiger partial charge in [0.2, 0.25) is 5.91 Å². The molecule has 1 aromatic heterocycles. The number of carbonyl (C=O) groups is 1. The largest absolute Gasteiger partial charge is 0.356 e. The molecule has 0 unspecified atom stereocenters. The molecule has 0 aliphatic rings. The van der Waals surface area contributed by atoms with Crippen molar-refractivity contribution in [3.05, 3.63) is 115 Å². The monoisotopic (exact) mass is 500 g/mol. The number of nitrogens with zero attached hydrogens (tertiary/aromatic N) is 3. The molecule has 36 heavy (non-hydrogen) atoms. The van der Waals surface area contributed by atoms with Crippen LogP contribution in [0.5, 0.6) is 0 Å². The topological polar surface area (TPSA) is 96.9 Å². The summed E-state index contributed by atoms with van der Waals surface area (Å²) in [5, 5.41) is 13.4. The molecule has 0 atom stereocenters. The number of nitriles is 1. The lowest BCUT2D eigenvalue weighted by molar-refractivity contribution is -0.121. The summed E-state index contributed by atoms with van der Waals surface area (Å²) in [6.45, 7) is 0.767. The fourth-order valence-electron chi connectivity index (χ4n) is 4.14. The quantitative estimate of drug-likeness (QED) is 0.377. The highest BCUT2D eigenvalue weighted by molar-refractivity contribution is 6.30. The number of benzene rings is 3. The number of nitrogens with one attached hydrogen (secondary N) is 1. The third-order valence-electron chi connectivity index (χ3n) is 6.03. The average Bonchev–Trinajstić information content (AvgIpc) is 2.90. The molecule has 0 fully saturated rings. The zero-order chi connectivity index (χ0) is 25.5. The van der Waals surface area contributed by atoms with E-state index in [1.165, 1.54) is 9.13 Å². The minimum atomic E-state index is -0.463.